The minimum absolute atomic E-state index is 0.245. The Morgan fingerprint density at radius 2 is 1.55 bits per heavy atom. The highest BCUT2D eigenvalue weighted by molar-refractivity contribution is 14.1. The standard InChI is InChI=1S/C10H7IO.C6H5ClO/c11-8-4-5-9-7(6-8)2-1-3-10(9)12;7-5-1-3-6(8)4-2-5/h1-6,12H;1-4,8H. The van der Waals surface area contributed by atoms with E-state index in [1.807, 2.05) is 24.3 Å². The molecule has 0 aromatic heterocycles. The Balaban J connectivity index is 0.000000160. The summed E-state index contributed by atoms with van der Waals surface area (Å²) in [4.78, 5) is 0. The second-order valence-corrected chi connectivity index (χ2v) is 5.80. The lowest BCUT2D eigenvalue weighted by atomic mass is 10.1. The third-order valence-electron chi connectivity index (χ3n) is 2.65. The highest BCUT2D eigenvalue weighted by Crippen LogP contribution is 2.25. The van der Waals surface area contributed by atoms with Gasteiger partial charge in [0.15, 0.2) is 0 Å². The van der Waals surface area contributed by atoms with Crippen LogP contribution in [0, 0.1) is 3.57 Å². The highest BCUT2D eigenvalue weighted by atomic mass is 127. The molecule has 0 radical (unpaired) electrons. The summed E-state index contributed by atoms with van der Waals surface area (Å²) in [7, 11) is 0. The van der Waals surface area contributed by atoms with Crippen LogP contribution in [-0.2, 0) is 0 Å². The maximum absolute atomic E-state index is 9.46. The van der Waals surface area contributed by atoms with Crippen molar-refractivity contribution >= 4 is 45.0 Å². The van der Waals surface area contributed by atoms with Crippen LogP contribution in [0.15, 0.2) is 60.7 Å². The molecule has 0 aliphatic carbocycles. The molecule has 0 aliphatic heterocycles. The summed E-state index contributed by atoms with van der Waals surface area (Å²) in [5, 5.41) is 20.8. The molecule has 0 fully saturated rings. The van der Waals surface area contributed by atoms with E-state index in [0.717, 1.165) is 10.8 Å². The van der Waals surface area contributed by atoms with Crippen molar-refractivity contribution in [3.63, 3.8) is 0 Å². The predicted octanol–water partition coefficient (Wildman–Crippen LogP) is 5.20. The lowest BCUT2D eigenvalue weighted by molar-refractivity contribution is 0.475. The molecule has 0 amide bonds. The number of aromatic hydroxyl groups is 2. The molecule has 102 valence electrons. The lowest BCUT2D eigenvalue weighted by Gasteiger charge is -1.99. The van der Waals surface area contributed by atoms with Gasteiger partial charge in [0.25, 0.3) is 0 Å². The Labute approximate surface area is 135 Å². The highest BCUT2D eigenvalue weighted by Gasteiger charge is 1.97. The Morgan fingerprint density at radius 3 is 2.20 bits per heavy atom. The maximum atomic E-state index is 9.46. The molecule has 0 saturated heterocycles. The summed E-state index contributed by atoms with van der Waals surface area (Å²) in [6, 6.07) is 17.9. The zero-order valence-electron chi connectivity index (χ0n) is 10.4. The van der Waals surface area contributed by atoms with E-state index in [1.165, 1.54) is 3.57 Å². The van der Waals surface area contributed by atoms with Crippen LogP contribution >= 0.6 is 34.2 Å². The van der Waals surface area contributed by atoms with E-state index in [2.05, 4.69) is 28.7 Å². The molecule has 2 nitrogen and oxygen atoms in total. The second-order valence-electron chi connectivity index (χ2n) is 4.12. The Bertz CT molecular complexity index is 690. The van der Waals surface area contributed by atoms with E-state index in [1.54, 1.807) is 30.3 Å². The van der Waals surface area contributed by atoms with Crippen molar-refractivity contribution in [2.45, 2.75) is 0 Å². The minimum Gasteiger partial charge on any atom is -0.508 e. The zero-order valence-corrected chi connectivity index (χ0v) is 13.3. The molecule has 20 heavy (non-hydrogen) atoms. The molecule has 2 N–H and O–H groups in total. The number of phenolic OH excluding ortho intramolecular Hbond substituents is 2. The van der Waals surface area contributed by atoms with Gasteiger partial charge < -0.3 is 10.2 Å². The largest absolute Gasteiger partial charge is 0.508 e. The summed E-state index contributed by atoms with van der Waals surface area (Å²) in [6.45, 7) is 0. The average Bonchev–Trinajstić information content (AvgIpc) is 2.43. The molecule has 0 bridgehead atoms. The fraction of sp³-hybridized carbons (Fsp3) is 0. The number of hydrogen-bond donors (Lipinski definition) is 2. The summed E-state index contributed by atoms with van der Waals surface area (Å²) >= 11 is 7.76. The second kappa shape index (κ2) is 6.81. The number of phenols is 2. The van der Waals surface area contributed by atoms with Crippen molar-refractivity contribution in [2.75, 3.05) is 0 Å². The van der Waals surface area contributed by atoms with Gasteiger partial charge in [-0.2, -0.15) is 0 Å². The van der Waals surface area contributed by atoms with Gasteiger partial charge in [-0.3, -0.25) is 0 Å². The van der Waals surface area contributed by atoms with Crippen LogP contribution in [0.2, 0.25) is 5.02 Å². The molecule has 3 rings (SSSR count). The van der Waals surface area contributed by atoms with Gasteiger partial charge in [0.2, 0.25) is 0 Å². The van der Waals surface area contributed by atoms with E-state index in [0.29, 0.717) is 10.8 Å². The van der Waals surface area contributed by atoms with Gasteiger partial charge in [0.05, 0.1) is 0 Å². The lowest BCUT2D eigenvalue weighted by Crippen LogP contribution is -1.74. The quantitative estimate of drug-likeness (QED) is 0.511. The van der Waals surface area contributed by atoms with Crippen LogP contribution in [0.1, 0.15) is 0 Å². The smallest absolute Gasteiger partial charge is 0.123 e. The minimum atomic E-state index is 0.245. The third-order valence-corrected chi connectivity index (χ3v) is 3.57. The van der Waals surface area contributed by atoms with Crippen LogP contribution in [-0.4, -0.2) is 10.2 Å². The van der Waals surface area contributed by atoms with Gasteiger partial charge >= 0.3 is 0 Å². The van der Waals surface area contributed by atoms with Crippen LogP contribution < -0.4 is 0 Å². The summed E-state index contributed by atoms with van der Waals surface area (Å²) in [5.41, 5.74) is 0. The zero-order chi connectivity index (χ0) is 14.5. The summed E-state index contributed by atoms with van der Waals surface area (Å²) in [6.07, 6.45) is 0. The molecule has 0 atom stereocenters. The fourth-order valence-electron chi connectivity index (χ4n) is 1.68. The molecule has 0 spiro atoms. The van der Waals surface area contributed by atoms with Crippen molar-refractivity contribution < 1.29 is 10.2 Å². The number of fused-ring (bicyclic) bond motifs is 1. The molecule has 3 aromatic rings. The van der Waals surface area contributed by atoms with Gasteiger partial charge in [0.1, 0.15) is 11.5 Å². The Morgan fingerprint density at radius 1 is 0.850 bits per heavy atom. The molecule has 4 heteroatoms. The van der Waals surface area contributed by atoms with Crippen LogP contribution in [0.3, 0.4) is 0 Å². The van der Waals surface area contributed by atoms with Crippen LogP contribution in [0.25, 0.3) is 10.8 Å². The van der Waals surface area contributed by atoms with Crippen molar-refractivity contribution in [3.05, 3.63) is 69.3 Å². The SMILES string of the molecule is Oc1ccc(Cl)cc1.Oc1cccc2cc(I)ccc12. The maximum Gasteiger partial charge on any atom is 0.123 e. The molecule has 0 aliphatic rings. The normalized spacial score (nSPS) is 9.90. The summed E-state index contributed by atoms with van der Waals surface area (Å²) in [5.74, 6) is 0.596. The predicted molar refractivity (Wildman–Crippen MR) is 91.4 cm³/mol. The first kappa shape index (κ1) is 14.9. The van der Waals surface area contributed by atoms with Gasteiger partial charge in [-0.05, 0) is 76.5 Å². The molecule has 0 unspecified atom stereocenters. The number of halogens is 2. The first-order valence-electron chi connectivity index (χ1n) is 5.88. The first-order valence-corrected chi connectivity index (χ1v) is 7.34. The number of hydrogen-bond acceptors (Lipinski definition) is 2. The van der Waals surface area contributed by atoms with Gasteiger partial charge in [-0.25, -0.2) is 0 Å². The van der Waals surface area contributed by atoms with E-state index in [9.17, 15) is 5.11 Å². The first-order chi connectivity index (χ1) is 9.56. The topological polar surface area (TPSA) is 40.5 Å². The summed E-state index contributed by atoms with van der Waals surface area (Å²) < 4.78 is 1.19. The van der Waals surface area contributed by atoms with Crippen molar-refractivity contribution in [2.24, 2.45) is 0 Å². The molecular weight excluding hydrogens is 387 g/mol. The Kier molecular flexibility index (Phi) is 5.09. The van der Waals surface area contributed by atoms with E-state index >= 15 is 0 Å². The van der Waals surface area contributed by atoms with Crippen molar-refractivity contribution in [1.29, 1.82) is 0 Å². The van der Waals surface area contributed by atoms with Gasteiger partial charge in [0, 0.05) is 14.0 Å². The van der Waals surface area contributed by atoms with Crippen molar-refractivity contribution in [3.8, 4) is 11.5 Å². The molecular formula is C16H12ClIO2. The van der Waals surface area contributed by atoms with E-state index < -0.39 is 0 Å². The Hall–Kier alpha value is -1.46. The molecule has 0 heterocycles. The average molecular weight is 399 g/mol. The monoisotopic (exact) mass is 398 g/mol. The molecule has 0 saturated carbocycles. The van der Waals surface area contributed by atoms with Crippen LogP contribution in [0.4, 0.5) is 0 Å². The number of rotatable bonds is 0. The van der Waals surface area contributed by atoms with E-state index in [4.69, 9.17) is 16.7 Å². The fourth-order valence-corrected chi connectivity index (χ4v) is 2.32. The van der Waals surface area contributed by atoms with E-state index in [-0.39, 0.29) is 5.75 Å². The van der Waals surface area contributed by atoms with Gasteiger partial charge in [-0.15, -0.1) is 0 Å². The van der Waals surface area contributed by atoms with Crippen LogP contribution in [0.5, 0.6) is 11.5 Å². The third kappa shape index (κ3) is 4.02. The molecule has 3 aromatic carbocycles. The number of benzene rings is 3. The van der Waals surface area contributed by atoms with Crippen molar-refractivity contribution in [1.82, 2.24) is 0 Å². The van der Waals surface area contributed by atoms with Gasteiger partial charge in [-0.1, -0.05) is 23.7 Å².